The number of nitrogens with zero attached hydrogens (tertiary/aromatic N) is 1. The van der Waals surface area contributed by atoms with Crippen LogP contribution in [0.4, 0.5) is 0 Å². The Labute approximate surface area is 128 Å². The molecule has 1 heterocycles. The zero-order chi connectivity index (χ0) is 15.8. The normalized spacial score (nSPS) is 40.5. The lowest BCUT2D eigenvalue weighted by Gasteiger charge is -2.48. The van der Waals surface area contributed by atoms with E-state index in [1.165, 1.54) is 6.42 Å². The van der Waals surface area contributed by atoms with E-state index < -0.39 is 5.54 Å². The Hall–Kier alpha value is -1.06. The Kier molecular flexibility index (Phi) is 4.64. The predicted octanol–water partition coefficient (Wildman–Crippen LogP) is 2.72. The molecule has 2 fully saturated rings. The van der Waals surface area contributed by atoms with Crippen molar-refractivity contribution in [2.45, 2.75) is 84.3 Å². The quantitative estimate of drug-likeness (QED) is 0.866. The zero-order valence-electron chi connectivity index (χ0n) is 14.1. The molecule has 21 heavy (non-hydrogen) atoms. The van der Waals surface area contributed by atoms with Gasteiger partial charge < -0.3 is 10.2 Å². The Balaban J connectivity index is 2.33. The van der Waals surface area contributed by atoms with Gasteiger partial charge in [-0.3, -0.25) is 9.59 Å². The third-order valence-corrected chi connectivity index (χ3v) is 5.90. The molecule has 0 bridgehead atoms. The van der Waals surface area contributed by atoms with Gasteiger partial charge in [0.25, 0.3) is 0 Å². The summed E-state index contributed by atoms with van der Waals surface area (Å²) in [5, 5.41) is 2.96. The molecule has 0 aromatic heterocycles. The van der Waals surface area contributed by atoms with Crippen LogP contribution in [0, 0.1) is 11.8 Å². The minimum atomic E-state index is -0.729. The fraction of sp³-hybridized carbons (Fsp3) is 0.882. The molecule has 1 saturated carbocycles. The Morgan fingerprint density at radius 2 is 1.86 bits per heavy atom. The van der Waals surface area contributed by atoms with E-state index in [-0.39, 0.29) is 23.9 Å². The van der Waals surface area contributed by atoms with E-state index in [2.05, 4.69) is 19.2 Å². The number of hydrogen-bond acceptors (Lipinski definition) is 2. The van der Waals surface area contributed by atoms with Crippen LogP contribution in [0.2, 0.25) is 0 Å². The Bertz CT molecular complexity index is 423. The first-order valence-electron chi connectivity index (χ1n) is 8.54. The first-order valence-corrected chi connectivity index (χ1v) is 8.54. The van der Waals surface area contributed by atoms with Gasteiger partial charge in [0.1, 0.15) is 11.6 Å². The monoisotopic (exact) mass is 294 g/mol. The van der Waals surface area contributed by atoms with Gasteiger partial charge in [-0.05, 0) is 44.4 Å². The van der Waals surface area contributed by atoms with Crippen LogP contribution < -0.4 is 5.32 Å². The molecule has 1 aliphatic carbocycles. The van der Waals surface area contributed by atoms with Gasteiger partial charge in [-0.1, -0.05) is 34.1 Å². The summed E-state index contributed by atoms with van der Waals surface area (Å²) in [6.45, 7) is 10.3. The summed E-state index contributed by atoms with van der Waals surface area (Å²) in [6, 6.07) is -0.0653. The second-order valence-electron chi connectivity index (χ2n) is 6.98. The molecule has 4 heteroatoms. The van der Waals surface area contributed by atoms with Crippen molar-refractivity contribution in [2.75, 3.05) is 0 Å². The molecule has 5 unspecified atom stereocenters. The maximum absolute atomic E-state index is 13.0. The fourth-order valence-corrected chi connectivity index (χ4v) is 4.16. The van der Waals surface area contributed by atoms with Crippen molar-refractivity contribution < 1.29 is 9.59 Å². The van der Waals surface area contributed by atoms with Crippen molar-refractivity contribution in [3.8, 4) is 0 Å². The molecule has 2 rings (SSSR count). The molecular formula is C17H30N2O2. The second-order valence-corrected chi connectivity index (χ2v) is 6.98. The summed E-state index contributed by atoms with van der Waals surface area (Å²) in [5.41, 5.74) is -0.729. The van der Waals surface area contributed by atoms with Gasteiger partial charge >= 0.3 is 0 Å². The summed E-state index contributed by atoms with van der Waals surface area (Å²) < 4.78 is 0. The Morgan fingerprint density at radius 1 is 1.19 bits per heavy atom. The Morgan fingerprint density at radius 3 is 2.33 bits per heavy atom. The van der Waals surface area contributed by atoms with Crippen LogP contribution in [0.15, 0.2) is 0 Å². The molecule has 5 atom stereocenters. The van der Waals surface area contributed by atoms with E-state index in [0.29, 0.717) is 24.7 Å². The molecule has 0 spiro atoms. The molecule has 0 radical (unpaired) electrons. The topological polar surface area (TPSA) is 49.4 Å². The van der Waals surface area contributed by atoms with E-state index >= 15 is 0 Å². The number of nitrogens with one attached hydrogen (secondary N) is 1. The van der Waals surface area contributed by atoms with Crippen LogP contribution in [0.3, 0.4) is 0 Å². The fourth-order valence-electron chi connectivity index (χ4n) is 4.16. The van der Waals surface area contributed by atoms with Gasteiger partial charge in [0, 0.05) is 6.04 Å². The lowest BCUT2D eigenvalue weighted by molar-refractivity contribution is -0.158. The molecule has 4 nitrogen and oxygen atoms in total. The van der Waals surface area contributed by atoms with Gasteiger partial charge in [-0.25, -0.2) is 0 Å². The van der Waals surface area contributed by atoms with Crippen LogP contribution in [-0.4, -0.2) is 34.3 Å². The first-order chi connectivity index (χ1) is 9.89. The lowest BCUT2D eigenvalue weighted by Crippen LogP contribution is -2.71. The number of piperazine rings is 1. The summed E-state index contributed by atoms with van der Waals surface area (Å²) >= 11 is 0. The average molecular weight is 294 g/mol. The molecule has 2 amide bonds. The highest BCUT2D eigenvalue weighted by Gasteiger charge is 2.51. The highest BCUT2D eigenvalue weighted by molar-refractivity contribution is 5.99. The number of carbonyl (C=O) groups excluding carboxylic acids is 2. The van der Waals surface area contributed by atoms with Crippen molar-refractivity contribution >= 4 is 11.8 Å². The van der Waals surface area contributed by atoms with Gasteiger partial charge in [-0.2, -0.15) is 0 Å². The molecule has 0 aromatic rings. The maximum atomic E-state index is 13.0. The standard InChI is InChI=1S/C17H30N2O2/c1-6-12-9-10-14(11(12)4)19-13(7-2)15(20)18-17(5,8-3)16(19)21/h11-14H,6-10H2,1-5H3,(H,18,20). The molecule has 0 aromatic carbocycles. The van der Waals surface area contributed by atoms with E-state index in [9.17, 15) is 9.59 Å². The van der Waals surface area contributed by atoms with Crippen molar-refractivity contribution in [3.05, 3.63) is 0 Å². The van der Waals surface area contributed by atoms with Gasteiger partial charge in [0.15, 0.2) is 0 Å². The smallest absolute Gasteiger partial charge is 0.248 e. The van der Waals surface area contributed by atoms with Crippen molar-refractivity contribution in [1.29, 1.82) is 0 Å². The van der Waals surface area contributed by atoms with Crippen LogP contribution in [0.5, 0.6) is 0 Å². The van der Waals surface area contributed by atoms with Crippen LogP contribution in [0.1, 0.15) is 66.7 Å². The minimum Gasteiger partial charge on any atom is -0.340 e. The van der Waals surface area contributed by atoms with Gasteiger partial charge in [0.05, 0.1) is 0 Å². The molecular weight excluding hydrogens is 264 g/mol. The summed E-state index contributed by atoms with van der Waals surface area (Å²) in [5.74, 6) is 1.30. The third-order valence-electron chi connectivity index (χ3n) is 5.90. The third kappa shape index (κ3) is 2.58. The molecule has 1 aliphatic heterocycles. The molecule has 2 aliphatic rings. The second kappa shape index (κ2) is 5.98. The summed E-state index contributed by atoms with van der Waals surface area (Å²) in [7, 11) is 0. The maximum Gasteiger partial charge on any atom is 0.248 e. The number of carbonyl (C=O) groups is 2. The number of amides is 2. The molecule has 1 N–H and O–H groups in total. The SMILES string of the molecule is CCC1CCC(N2C(=O)C(C)(CC)NC(=O)C2CC)C1C. The number of rotatable bonds is 4. The summed E-state index contributed by atoms with van der Waals surface area (Å²) in [4.78, 5) is 27.4. The van der Waals surface area contributed by atoms with Gasteiger partial charge in [0.2, 0.25) is 11.8 Å². The minimum absolute atomic E-state index is 0.0219. The summed E-state index contributed by atoms with van der Waals surface area (Å²) in [6.07, 6.45) is 4.70. The van der Waals surface area contributed by atoms with Crippen molar-refractivity contribution in [3.63, 3.8) is 0 Å². The van der Waals surface area contributed by atoms with E-state index in [4.69, 9.17) is 0 Å². The largest absolute Gasteiger partial charge is 0.340 e. The van der Waals surface area contributed by atoms with Crippen LogP contribution in [-0.2, 0) is 9.59 Å². The predicted molar refractivity (Wildman–Crippen MR) is 83.7 cm³/mol. The highest BCUT2D eigenvalue weighted by Crippen LogP contribution is 2.40. The molecule has 1 saturated heterocycles. The van der Waals surface area contributed by atoms with Gasteiger partial charge in [-0.15, -0.1) is 0 Å². The van der Waals surface area contributed by atoms with Crippen LogP contribution in [0.25, 0.3) is 0 Å². The molecule has 120 valence electrons. The average Bonchev–Trinajstić information content (AvgIpc) is 2.83. The first kappa shape index (κ1) is 16.3. The van der Waals surface area contributed by atoms with E-state index in [1.807, 2.05) is 25.7 Å². The highest BCUT2D eigenvalue weighted by atomic mass is 16.2. The van der Waals surface area contributed by atoms with E-state index in [1.54, 1.807) is 0 Å². The zero-order valence-corrected chi connectivity index (χ0v) is 14.1. The van der Waals surface area contributed by atoms with E-state index in [0.717, 1.165) is 12.8 Å². The lowest BCUT2D eigenvalue weighted by atomic mass is 9.86. The van der Waals surface area contributed by atoms with Crippen molar-refractivity contribution in [2.24, 2.45) is 11.8 Å². The van der Waals surface area contributed by atoms with Crippen molar-refractivity contribution in [1.82, 2.24) is 10.2 Å². The number of hydrogen-bond donors (Lipinski definition) is 1. The van der Waals surface area contributed by atoms with Crippen LogP contribution >= 0.6 is 0 Å².